The van der Waals surface area contributed by atoms with Crippen LogP contribution in [0.2, 0.25) is 5.02 Å². The number of anilines is 2. The van der Waals surface area contributed by atoms with E-state index in [1.54, 1.807) is 48.2 Å². The number of nitrogens with zero attached hydrogens (tertiary/aromatic N) is 2. The Balaban J connectivity index is 2.07. The normalized spacial score (nSPS) is 11.4. The number of nitro benzene ring substituents is 1. The van der Waals surface area contributed by atoms with Crippen molar-refractivity contribution in [2.24, 2.45) is 0 Å². The van der Waals surface area contributed by atoms with Gasteiger partial charge in [-0.1, -0.05) is 24.6 Å². The van der Waals surface area contributed by atoms with Gasteiger partial charge in [0.15, 0.2) is 5.11 Å². The third kappa shape index (κ3) is 5.90. The van der Waals surface area contributed by atoms with Gasteiger partial charge < -0.3 is 15.5 Å². The molecule has 0 fully saturated rings. The first-order valence-corrected chi connectivity index (χ1v) is 9.49. The number of amides is 1. The lowest BCUT2D eigenvalue weighted by molar-refractivity contribution is -0.384. The first-order valence-electron chi connectivity index (χ1n) is 8.70. The Morgan fingerprint density at radius 1 is 1.21 bits per heavy atom. The number of carbonyl (C=O) groups excluding carboxylic acids is 1. The maximum absolute atomic E-state index is 12.7. The predicted molar refractivity (Wildman–Crippen MR) is 116 cm³/mol. The minimum absolute atomic E-state index is 0.00356. The number of nitro groups is 1. The first-order chi connectivity index (χ1) is 13.3. The van der Waals surface area contributed by atoms with Crippen molar-refractivity contribution in [1.82, 2.24) is 4.90 Å². The number of carbonyl (C=O) groups is 1. The van der Waals surface area contributed by atoms with Crippen LogP contribution >= 0.6 is 23.8 Å². The van der Waals surface area contributed by atoms with Crippen molar-refractivity contribution in [2.75, 3.05) is 17.2 Å². The fourth-order valence-electron chi connectivity index (χ4n) is 2.53. The van der Waals surface area contributed by atoms with Gasteiger partial charge in [0.05, 0.1) is 4.92 Å². The molecule has 0 saturated carbocycles. The Morgan fingerprint density at radius 3 is 2.46 bits per heavy atom. The number of hydrogen-bond donors (Lipinski definition) is 2. The van der Waals surface area contributed by atoms with Crippen LogP contribution in [0.3, 0.4) is 0 Å². The molecule has 2 N–H and O–H groups in total. The van der Waals surface area contributed by atoms with Crippen molar-refractivity contribution < 1.29 is 9.72 Å². The Morgan fingerprint density at radius 2 is 1.89 bits per heavy atom. The molecule has 2 aromatic rings. The summed E-state index contributed by atoms with van der Waals surface area (Å²) >= 11 is 11.4. The highest BCUT2D eigenvalue weighted by atomic mass is 35.5. The van der Waals surface area contributed by atoms with Crippen LogP contribution in [-0.4, -0.2) is 33.4 Å². The third-order valence-electron chi connectivity index (χ3n) is 3.99. The lowest BCUT2D eigenvalue weighted by Gasteiger charge is -2.30. The van der Waals surface area contributed by atoms with E-state index in [0.717, 1.165) is 6.42 Å². The molecule has 0 heterocycles. The topological polar surface area (TPSA) is 87.5 Å². The van der Waals surface area contributed by atoms with E-state index in [1.165, 1.54) is 12.1 Å². The maximum Gasteiger partial charge on any atom is 0.269 e. The molecule has 28 heavy (non-hydrogen) atoms. The molecule has 2 rings (SSSR count). The van der Waals surface area contributed by atoms with Crippen LogP contribution in [0.15, 0.2) is 48.5 Å². The van der Waals surface area contributed by atoms with Crippen LogP contribution in [0.25, 0.3) is 0 Å². The summed E-state index contributed by atoms with van der Waals surface area (Å²) in [7, 11) is 0. The summed E-state index contributed by atoms with van der Waals surface area (Å²) in [5.74, 6) is -0.219. The Labute approximate surface area is 173 Å². The van der Waals surface area contributed by atoms with E-state index in [1.807, 2.05) is 6.92 Å². The van der Waals surface area contributed by atoms with Gasteiger partial charge in [0.2, 0.25) is 5.91 Å². The molecule has 0 unspecified atom stereocenters. The summed E-state index contributed by atoms with van der Waals surface area (Å²) < 4.78 is 0. The SMILES string of the molecule is CCCN(C(=S)Nc1ccc([N+](=O)[O-])cc1)[C@@H](C)C(=O)Nc1cccc(Cl)c1. The van der Waals surface area contributed by atoms with Gasteiger partial charge in [0, 0.05) is 35.1 Å². The predicted octanol–water partition coefficient (Wildman–Crippen LogP) is 4.68. The molecular weight excluding hydrogens is 400 g/mol. The maximum atomic E-state index is 12.7. The first kappa shape index (κ1) is 21.6. The number of benzene rings is 2. The highest BCUT2D eigenvalue weighted by molar-refractivity contribution is 7.80. The molecule has 0 bridgehead atoms. The average molecular weight is 421 g/mol. The highest BCUT2D eigenvalue weighted by Crippen LogP contribution is 2.18. The molecule has 0 saturated heterocycles. The molecular formula is C19H21ClN4O3S. The van der Waals surface area contributed by atoms with Crippen LogP contribution in [0, 0.1) is 10.1 Å². The number of halogens is 1. The fourth-order valence-corrected chi connectivity index (χ4v) is 3.09. The second kappa shape index (κ2) is 10.0. The molecule has 7 nitrogen and oxygen atoms in total. The number of thiocarbonyl (C=S) groups is 1. The number of hydrogen-bond acceptors (Lipinski definition) is 4. The van der Waals surface area contributed by atoms with E-state index >= 15 is 0 Å². The van der Waals surface area contributed by atoms with E-state index < -0.39 is 11.0 Å². The number of rotatable bonds is 7. The summed E-state index contributed by atoms with van der Waals surface area (Å²) in [4.78, 5) is 24.7. The Kier molecular flexibility index (Phi) is 7.71. The average Bonchev–Trinajstić information content (AvgIpc) is 2.65. The standard InChI is InChI=1S/C19H21ClN4O3S/c1-3-11-23(13(2)18(25)21-16-6-4-5-14(20)12-16)19(28)22-15-7-9-17(10-8-15)24(26)27/h4-10,12-13H,3,11H2,1-2H3,(H,21,25)(H,22,28)/t13-/m0/s1. The number of nitrogens with one attached hydrogen (secondary N) is 2. The largest absolute Gasteiger partial charge is 0.337 e. The van der Waals surface area contributed by atoms with Crippen LogP contribution in [0.4, 0.5) is 17.1 Å². The van der Waals surface area contributed by atoms with Crippen molar-refractivity contribution in [3.8, 4) is 0 Å². The molecule has 1 amide bonds. The second-order valence-electron chi connectivity index (χ2n) is 6.10. The highest BCUT2D eigenvalue weighted by Gasteiger charge is 2.23. The number of non-ortho nitro benzene ring substituents is 1. The summed E-state index contributed by atoms with van der Waals surface area (Å²) in [5, 5.41) is 17.5. The summed E-state index contributed by atoms with van der Waals surface area (Å²) in [5.41, 5.74) is 1.21. The zero-order valence-corrected chi connectivity index (χ0v) is 17.1. The molecule has 148 valence electrons. The molecule has 0 aliphatic carbocycles. The third-order valence-corrected chi connectivity index (χ3v) is 4.57. The molecule has 0 aliphatic rings. The van der Waals surface area contributed by atoms with Crippen molar-refractivity contribution in [3.05, 3.63) is 63.7 Å². The van der Waals surface area contributed by atoms with Crippen LogP contribution in [-0.2, 0) is 4.79 Å². The van der Waals surface area contributed by atoms with E-state index in [9.17, 15) is 14.9 Å². The van der Waals surface area contributed by atoms with Crippen LogP contribution in [0.5, 0.6) is 0 Å². The minimum Gasteiger partial charge on any atom is -0.337 e. The van der Waals surface area contributed by atoms with Gasteiger partial charge in [0.1, 0.15) is 6.04 Å². The lowest BCUT2D eigenvalue weighted by atomic mass is 10.2. The molecule has 0 aromatic heterocycles. The van der Waals surface area contributed by atoms with Crippen molar-refractivity contribution in [3.63, 3.8) is 0 Å². The van der Waals surface area contributed by atoms with Gasteiger partial charge in [-0.05, 0) is 55.9 Å². The molecule has 9 heteroatoms. The van der Waals surface area contributed by atoms with Crippen molar-refractivity contribution in [1.29, 1.82) is 0 Å². The fraction of sp³-hybridized carbons (Fsp3) is 0.263. The Hall–Kier alpha value is -2.71. The quantitative estimate of drug-likeness (QED) is 0.384. The van der Waals surface area contributed by atoms with Gasteiger partial charge in [-0.25, -0.2) is 0 Å². The zero-order valence-electron chi connectivity index (χ0n) is 15.5. The summed E-state index contributed by atoms with van der Waals surface area (Å²) in [6.45, 7) is 4.32. The van der Waals surface area contributed by atoms with E-state index in [2.05, 4.69) is 10.6 Å². The van der Waals surface area contributed by atoms with Crippen molar-refractivity contribution >= 4 is 51.9 Å². The summed E-state index contributed by atoms with van der Waals surface area (Å²) in [6.07, 6.45) is 0.789. The van der Waals surface area contributed by atoms with Crippen LogP contribution in [0.1, 0.15) is 20.3 Å². The second-order valence-corrected chi connectivity index (χ2v) is 6.93. The minimum atomic E-state index is -0.531. The van der Waals surface area contributed by atoms with Gasteiger partial charge in [-0.15, -0.1) is 0 Å². The van der Waals surface area contributed by atoms with Gasteiger partial charge >= 0.3 is 0 Å². The smallest absolute Gasteiger partial charge is 0.269 e. The van der Waals surface area contributed by atoms with Crippen LogP contribution < -0.4 is 10.6 Å². The van der Waals surface area contributed by atoms with Gasteiger partial charge in [-0.2, -0.15) is 0 Å². The molecule has 2 aromatic carbocycles. The van der Waals surface area contributed by atoms with E-state index in [-0.39, 0.29) is 11.6 Å². The zero-order chi connectivity index (χ0) is 20.7. The molecule has 0 spiro atoms. The molecule has 0 aliphatic heterocycles. The van der Waals surface area contributed by atoms with E-state index in [4.69, 9.17) is 23.8 Å². The van der Waals surface area contributed by atoms with E-state index in [0.29, 0.717) is 28.1 Å². The van der Waals surface area contributed by atoms with Gasteiger partial charge in [-0.3, -0.25) is 14.9 Å². The monoisotopic (exact) mass is 420 g/mol. The summed E-state index contributed by atoms with van der Waals surface area (Å²) in [6, 6.07) is 12.3. The van der Waals surface area contributed by atoms with Crippen molar-refractivity contribution in [2.45, 2.75) is 26.3 Å². The van der Waals surface area contributed by atoms with Gasteiger partial charge in [0.25, 0.3) is 5.69 Å². The molecule has 1 atom stereocenters. The molecule has 0 radical (unpaired) electrons. The lowest BCUT2D eigenvalue weighted by Crippen LogP contribution is -2.47. The Bertz CT molecular complexity index is 861.